The summed E-state index contributed by atoms with van der Waals surface area (Å²) in [5.74, 6) is -0.907. The molecule has 0 aromatic heterocycles. The van der Waals surface area contributed by atoms with Crippen molar-refractivity contribution in [3.63, 3.8) is 0 Å². The Kier molecular flexibility index (Phi) is 17.1. The zero-order valence-corrected chi connectivity index (χ0v) is 15.7. The Morgan fingerprint density at radius 3 is 1.74 bits per heavy atom. The van der Waals surface area contributed by atoms with E-state index in [1.54, 1.807) is 0 Å². The molecule has 7 heteroatoms. The van der Waals surface area contributed by atoms with Crippen LogP contribution in [0.2, 0.25) is 0 Å². The summed E-state index contributed by atoms with van der Waals surface area (Å²) in [6, 6.07) is 0. The fourth-order valence-electron chi connectivity index (χ4n) is 1.83. The summed E-state index contributed by atoms with van der Waals surface area (Å²) >= 11 is 0. The third kappa shape index (κ3) is 19.4. The van der Waals surface area contributed by atoms with Gasteiger partial charge in [0.25, 0.3) is 0 Å². The van der Waals surface area contributed by atoms with E-state index in [9.17, 15) is 21.8 Å². The van der Waals surface area contributed by atoms with Gasteiger partial charge in [0.2, 0.25) is 0 Å². The summed E-state index contributed by atoms with van der Waals surface area (Å²) in [4.78, 5) is 0. The Labute approximate surface area is 158 Å². The van der Waals surface area contributed by atoms with Gasteiger partial charge in [0.05, 0.1) is 22.5 Å². The van der Waals surface area contributed by atoms with Crippen LogP contribution in [-0.4, -0.2) is 31.6 Å². The van der Waals surface area contributed by atoms with E-state index in [0.29, 0.717) is 12.8 Å². The summed E-state index contributed by atoms with van der Waals surface area (Å²) in [6.07, 6.45) is 5.75. The Morgan fingerprint density at radius 2 is 1.32 bits per heavy atom. The van der Waals surface area contributed by atoms with Crippen LogP contribution in [0.5, 0.6) is 0 Å². The molecule has 0 aliphatic heterocycles. The molecule has 0 saturated heterocycles. The minimum Gasteiger partial charge on any atom is -0.748 e. The molecule has 110 valence electrons. The van der Waals surface area contributed by atoms with Crippen LogP contribution < -0.4 is 51.4 Å². The minimum absolute atomic E-state index is 0. The molecule has 3 nitrogen and oxygen atoms in total. The molecule has 0 aromatic carbocycles. The topological polar surface area (TPSA) is 57.2 Å². The van der Waals surface area contributed by atoms with Gasteiger partial charge in [0.1, 0.15) is 6.17 Å². The van der Waals surface area contributed by atoms with Crippen molar-refractivity contribution in [1.82, 2.24) is 0 Å². The van der Waals surface area contributed by atoms with Crippen LogP contribution in [0.4, 0.5) is 8.78 Å². The van der Waals surface area contributed by atoms with Crippen molar-refractivity contribution in [2.75, 3.05) is 12.4 Å². The standard InChI is InChI=1S/C12H24F2O3S.K/c13-10-8-6-4-2-1-3-5-7-9-12(14)11-18(15,16)17;/h12H,1-11H2,(H,15,16,17);/q;+1/p-1. The maximum absolute atomic E-state index is 13.0. The van der Waals surface area contributed by atoms with Gasteiger partial charge in [-0.05, 0) is 12.8 Å². The molecule has 0 aromatic rings. The van der Waals surface area contributed by atoms with Crippen LogP contribution in [0.1, 0.15) is 57.8 Å². The molecular weight excluding hydrogens is 301 g/mol. The van der Waals surface area contributed by atoms with Gasteiger partial charge in [-0.25, -0.2) is 12.8 Å². The van der Waals surface area contributed by atoms with Gasteiger partial charge >= 0.3 is 51.4 Å². The monoisotopic (exact) mass is 324 g/mol. The molecule has 1 unspecified atom stereocenters. The smallest absolute Gasteiger partial charge is 0.748 e. The molecule has 0 heterocycles. The summed E-state index contributed by atoms with van der Waals surface area (Å²) in [5.41, 5.74) is 0. The van der Waals surface area contributed by atoms with Crippen molar-refractivity contribution < 1.29 is 73.1 Å². The van der Waals surface area contributed by atoms with Crippen molar-refractivity contribution in [2.24, 2.45) is 0 Å². The summed E-state index contributed by atoms with van der Waals surface area (Å²) in [7, 11) is -4.44. The minimum atomic E-state index is -4.44. The van der Waals surface area contributed by atoms with Gasteiger partial charge in [-0.2, -0.15) is 0 Å². The molecule has 0 fully saturated rings. The van der Waals surface area contributed by atoms with Crippen molar-refractivity contribution in [3.05, 3.63) is 0 Å². The summed E-state index contributed by atoms with van der Waals surface area (Å²) in [6.45, 7) is -0.249. The second kappa shape index (κ2) is 14.3. The first kappa shape index (κ1) is 22.7. The maximum atomic E-state index is 13.0. The van der Waals surface area contributed by atoms with Gasteiger partial charge in [-0.15, -0.1) is 0 Å². The number of hydrogen-bond acceptors (Lipinski definition) is 3. The van der Waals surface area contributed by atoms with Crippen molar-refractivity contribution in [1.29, 1.82) is 0 Å². The molecule has 0 rings (SSSR count). The van der Waals surface area contributed by atoms with Gasteiger partial charge in [-0.1, -0.05) is 44.9 Å². The van der Waals surface area contributed by atoms with Crippen LogP contribution in [0.3, 0.4) is 0 Å². The molecule has 0 spiro atoms. The number of rotatable bonds is 12. The van der Waals surface area contributed by atoms with Crippen LogP contribution in [-0.2, 0) is 10.1 Å². The second-order valence-corrected chi connectivity index (χ2v) is 6.08. The maximum Gasteiger partial charge on any atom is 1.00 e. The third-order valence-corrected chi connectivity index (χ3v) is 3.56. The molecule has 0 aliphatic rings. The molecule has 0 saturated carbocycles. The van der Waals surface area contributed by atoms with Gasteiger partial charge in [-0.3, -0.25) is 4.39 Å². The molecule has 0 aliphatic carbocycles. The molecule has 1 atom stereocenters. The van der Waals surface area contributed by atoms with E-state index in [-0.39, 0.29) is 64.5 Å². The van der Waals surface area contributed by atoms with E-state index in [1.807, 2.05) is 0 Å². The fourth-order valence-corrected chi connectivity index (χ4v) is 2.44. The zero-order valence-electron chi connectivity index (χ0n) is 11.7. The Bertz CT molecular complexity index is 287. The van der Waals surface area contributed by atoms with E-state index >= 15 is 0 Å². The second-order valence-electron chi connectivity index (χ2n) is 4.63. The molecule has 0 amide bonds. The number of unbranched alkanes of at least 4 members (excludes halogenated alkanes) is 7. The Hall–Kier alpha value is 1.41. The molecule has 0 N–H and O–H groups in total. The van der Waals surface area contributed by atoms with E-state index in [4.69, 9.17) is 0 Å². The predicted molar refractivity (Wildman–Crippen MR) is 67.0 cm³/mol. The molecule has 0 bridgehead atoms. The predicted octanol–water partition coefficient (Wildman–Crippen LogP) is 0.354. The first-order valence-corrected chi connectivity index (χ1v) is 8.17. The molecule has 0 radical (unpaired) electrons. The van der Waals surface area contributed by atoms with Crippen molar-refractivity contribution in [2.45, 2.75) is 64.0 Å². The normalized spacial score (nSPS) is 13.0. The first-order chi connectivity index (χ1) is 8.45. The summed E-state index contributed by atoms with van der Waals surface area (Å²) < 4.78 is 55.6. The zero-order chi connectivity index (χ0) is 13.9. The Balaban J connectivity index is 0. The van der Waals surface area contributed by atoms with E-state index in [2.05, 4.69) is 0 Å². The van der Waals surface area contributed by atoms with Gasteiger partial charge in [0, 0.05) is 0 Å². The van der Waals surface area contributed by atoms with Gasteiger partial charge in [0.15, 0.2) is 0 Å². The Morgan fingerprint density at radius 1 is 0.895 bits per heavy atom. The van der Waals surface area contributed by atoms with Crippen molar-refractivity contribution in [3.8, 4) is 0 Å². The van der Waals surface area contributed by atoms with E-state index in [1.165, 1.54) is 0 Å². The number of alkyl halides is 2. The van der Waals surface area contributed by atoms with E-state index < -0.39 is 22.0 Å². The van der Waals surface area contributed by atoms with Crippen LogP contribution >= 0.6 is 0 Å². The number of hydrogen-bond donors (Lipinski definition) is 0. The largest absolute Gasteiger partial charge is 1.00 e. The van der Waals surface area contributed by atoms with Crippen LogP contribution in [0.25, 0.3) is 0 Å². The quantitative estimate of drug-likeness (QED) is 0.296. The first-order valence-electron chi connectivity index (χ1n) is 6.59. The number of halogens is 2. The van der Waals surface area contributed by atoms with Gasteiger partial charge < -0.3 is 4.55 Å². The van der Waals surface area contributed by atoms with Crippen LogP contribution in [0.15, 0.2) is 0 Å². The molecular formula is C12H23F2KO3S. The van der Waals surface area contributed by atoms with Crippen LogP contribution in [0, 0.1) is 0 Å². The van der Waals surface area contributed by atoms with E-state index in [0.717, 1.165) is 38.5 Å². The van der Waals surface area contributed by atoms with Crippen molar-refractivity contribution >= 4 is 10.1 Å². The molecule has 19 heavy (non-hydrogen) atoms. The SMILES string of the molecule is O=S(=O)([O-])CC(F)CCCCCCCCCCF.[K+]. The fraction of sp³-hybridized carbons (Fsp3) is 1.00. The average Bonchev–Trinajstić information content (AvgIpc) is 2.24. The summed E-state index contributed by atoms with van der Waals surface area (Å²) in [5, 5.41) is 0. The average molecular weight is 324 g/mol. The third-order valence-electron chi connectivity index (χ3n) is 2.79.